The summed E-state index contributed by atoms with van der Waals surface area (Å²) in [5.74, 6) is -0.0425. The normalized spacial score (nSPS) is 10.3. The highest BCUT2D eigenvalue weighted by atomic mass is 35.5. The van der Waals surface area contributed by atoms with Crippen LogP contribution in [0.4, 0.5) is 0 Å². The first kappa shape index (κ1) is 9.74. The molecule has 0 unspecified atom stereocenters. The van der Waals surface area contributed by atoms with Crippen LogP contribution in [0.1, 0.15) is 6.92 Å². The summed E-state index contributed by atoms with van der Waals surface area (Å²) in [6, 6.07) is 3.14. The molecular formula is C9H8ClNO2. The molecule has 1 aromatic rings. The maximum absolute atomic E-state index is 10.9. The van der Waals surface area contributed by atoms with Gasteiger partial charge in [0.2, 0.25) is 0 Å². The first-order valence-corrected chi connectivity index (χ1v) is 4.06. The van der Waals surface area contributed by atoms with Gasteiger partial charge in [-0.3, -0.25) is 0 Å². The lowest BCUT2D eigenvalue weighted by molar-refractivity contribution is -0.129. The predicted molar refractivity (Wildman–Crippen MR) is 49.7 cm³/mol. The lowest BCUT2D eigenvalue weighted by Crippen LogP contribution is -2.03. The van der Waals surface area contributed by atoms with E-state index in [1.165, 1.54) is 12.3 Å². The molecule has 0 amide bonds. The SMILES string of the molecule is CC=CC(=O)Oc1ccc(Cl)nc1. The third kappa shape index (κ3) is 3.25. The summed E-state index contributed by atoms with van der Waals surface area (Å²) in [4.78, 5) is 14.7. The number of allylic oxidation sites excluding steroid dienone is 1. The van der Waals surface area contributed by atoms with Gasteiger partial charge in [-0.25, -0.2) is 9.78 Å². The Morgan fingerprint density at radius 1 is 1.62 bits per heavy atom. The van der Waals surface area contributed by atoms with Crippen LogP contribution in [-0.4, -0.2) is 11.0 Å². The van der Waals surface area contributed by atoms with Crippen LogP contribution in [0.25, 0.3) is 0 Å². The number of hydrogen-bond acceptors (Lipinski definition) is 3. The van der Waals surface area contributed by atoms with Crippen LogP contribution >= 0.6 is 11.6 Å². The summed E-state index contributed by atoms with van der Waals surface area (Å²) in [7, 11) is 0. The van der Waals surface area contributed by atoms with Crippen LogP contribution in [0.15, 0.2) is 30.5 Å². The van der Waals surface area contributed by atoms with Crippen molar-refractivity contribution in [3.05, 3.63) is 35.6 Å². The molecule has 0 atom stereocenters. The van der Waals surface area contributed by atoms with E-state index < -0.39 is 5.97 Å². The molecule has 0 aliphatic rings. The maximum Gasteiger partial charge on any atom is 0.335 e. The number of carbonyl (C=O) groups is 1. The summed E-state index contributed by atoms with van der Waals surface area (Å²) in [5.41, 5.74) is 0. The van der Waals surface area contributed by atoms with Gasteiger partial charge < -0.3 is 4.74 Å². The number of hydrogen-bond donors (Lipinski definition) is 0. The number of aromatic nitrogens is 1. The van der Waals surface area contributed by atoms with Crippen LogP contribution in [0.2, 0.25) is 5.15 Å². The van der Waals surface area contributed by atoms with Gasteiger partial charge in [-0.05, 0) is 19.1 Å². The molecule has 4 heteroatoms. The van der Waals surface area contributed by atoms with Crippen LogP contribution in [0, 0.1) is 0 Å². The van der Waals surface area contributed by atoms with E-state index in [9.17, 15) is 4.79 Å². The molecule has 0 spiro atoms. The van der Waals surface area contributed by atoms with E-state index in [4.69, 9.17) is 16.3 Å². The van der Waals surface area contributed by atoms with E-state index >= 15 is 0 Å². The number of esters is 1. The molecular weight excluding hydrogens is 190 g/mol. The summed E-state index contributed by atoms with van der Waals surface area (Å²) in [6.07, 6.45) is 4.32. The van der Waals surface area contributed by atoms with E-state index in [-0.39, 0.29) is 0 Å². The zero-order valence-corrected chi connectivity index (χ0v) is 7.78. The lowest BCUT2D eigenvalue weighted by atomic mass is 10.4. The Morgan fingerprint density at radius 2 is 2.38 bits per heavy atom. The van der Waals surface area contributed by atoms with Gasteiger partial charge in [-0.1, -0.05) is 17.7 Å². The molecule has 1 rings (SSSR count). The fraction of sp³-hybridized carbons (Fsp3) is 0.111. The van der Waals surface area contributed by atoms with Crippen LogP contribution in [0.3, 0.4) is 0 Å². The highest BCUT2D eigenvalue weighted by Crippen LogP contribution is 2.12. The molecule has 1 aromatic heterocycles. The molecule has 0 aromatic carbocycles. The molecule has 0 N–H and O–H groups in total. The Morgan fingerprint density at radius 3 is 2.92 bits per heavy atom. The Balaban J connectivity index is 2.64. The van der Waals surface area contributed by atoms with Crippen molar-refractivity contribution in [1.29, 1.82) is 0 Å². The van der Waals surface area contributed by atoms with E-state index in [2.05, 4.69) is 4.98 Å². The van der Waals surface area contributed by atoms with Crippen LogP contribution in [0.5, 0.6) is 5.75 Å². The third-order valence-electron chi connectivity index (χ3n) is 1.22. The molecule has 1 heterocycles. The fourth-order valence-electron chi connectivity index (χ4n) is 0.709. The summed E-state index contributed by atoms with van der Waals surface area (Å²) < 4.78 is 4.86. The van der Waals surface area contributed by atoms with E-state index in [1.54, 1.807) is 25.1 Å². The van der Waals surface area contributed by atoms with Crippen LogP contribution < -0.4 is 4.74 Å². The largest absolute Gasteiger partial charge is 0.422 e. The Hall–Kier alpha value is -1.35. The first-order valence-electron chi connectivity index (χ1n) is 3.68. The number of nitrogens with zero attached hydrogens (tertiary/aromatic N) is 1. The number of ether oxygens (including phenoxy) is 1. The van der Waals surface area contributed by atoms with E-state index in [0.29, 0.717) is 10.9 Å². The van der Waals surface area contributed by atoms with Crippen molar-refractivity contribution < 1.29 is 9.53 Å². The molecule has 68 valence electrons. The fourth-order valence-corrected chi connectivity index (χ4v) is 0.821. The predicted octanol–water partition coefficient (Wildman–Crippen LogP) is 2.22. The molecule has 13 heavy (non-hydrogen) atoms. The van der Waals surface area contributed by atoms with Gasteiger partial charge in [0.25, 0.3) is 0 Å². The lowest BCUT2D eigenvalue weighted by Gasteiger charge is -1.99. The molecule has 0 bridgehead atoms. The number of rotatable bonds is 2. The van der Waals surface area contributed by atoms with Gasteiger partial charge in [0.05, 0.1) is 6.20 Å². The molecule has 0 aliphatic carbocycles. The van der Waals surface area contributed by atoms with Gasteiger partial charge in [0.15, 0.2) is 0 Å². The highest BCUT2D eigenvalue weighted by molar-refractivity contribution is 6.29. The molecule has 0 fully saturated rings. The smallest absolute Gasteiger partial charge is 0.335 e. The molecule has 0 saturated heterocycles. The summed E-state index contributed by atoms with van der Waals surface area (Å²) >= 11 is 5.54. The standard InChI is InChI=1S/C9H8ClNO2/c1-2-3-9(12)13-7-4-5-8(10)11-6-7/h2-6H,1H3. The highest BCUT2D eigenvalue weighted by Gasteiger charge is 1.99. The zero-order valence-electron chi connectivity index (χ0n) is 7.03. The number of halogens is 1. The van der Waals surface area contributed by atoms with Crippen molar-refractivity contribution in [3.63, 3.8) is 0 Å². The minimum Gasteiger partial charge on any atom is -0.422 e. The zero-order chi connectivity index (χ0) is 9.68. The summed E-state index contributed by atoms with van der Waals surface area (Å²) in [6.45, 7) is 1.74. The average Bonchev–Trinajstić information content (AvgIpc) is 2.09. The quantitative estimate of drug-likeness (QED) is 0.415. The van der Waals surface area contributed by atoms with Gasteiger partial charge in [0, 0.05) is 6.08 Å². The Bertz CT molecular complexity index is 319. The van der Waals surface area contributed by atoms with Crippen LogP contribution in [-0.2, 0) is 4.79 Å². The molecule has 0 saturated carbocycles. The van der Waals surface area contributed by atoms with Gasteiger partial charge in [-0.2, -0.15) is 0 Å². The minimum absolute atomic E-state index is 0.367. The minimum atomic E-state index is -0.424. The van der Waals surface area contributed by atoms with Crippen molar-refractivity contribution in [2.75, 3.05) is 0 Å². The average molecular weight is 198 g/mol. The van der Waals surface area contributed by atoms with Gasteiger partial charge in [0.1, 0.15) is 10.9 Å². The first-order chi connectivity index (χ1) is 6.22. The van der Waals surface area contributed by atoms with E-state index in [1.807, 2.05) is 0 Å². The molecule has 3 nitrogen and oxygen atoms in total. The van der Waals surface area contributed by atoms with Gasteiger partial charge >= 0.3 is 5.97 Å². The Kier molecular flexibility index (Phi) is 3.46. The molecule has 0 aliphatic heterocycles. The second kappa shape index (κ2) is 4.62. The topological polar surface area (TPSA) is 39.2 Å². The third-order valence-corrected chi connectivity index (χ3v) is 1.45. The summed E-state index contributed by atoms with van der Waals surface area (Å²) in [5, 5.41) is 0.367. The van der Waals surface area contributed by atoms with Crippen molar-refractivity contribution in [1.82, 2.24) is 4.98 Å². The van der Waals surface area contributed by atoms with Crippen molar-refractivity contribution in [2.45, 2.75) is 6.92 Å². The van der Waals surface area contributed by atoms with E-state index in [0.717, 1.165) is 0 Å². The molecule has 0 radical (unpaired) electrons. The maximum atomic E-state index is 10.9. The van der Waals surface area contributed by atoms with Crippen molar-refractivity contribution in [2.24, 2.45) is 0 Å². The second-order valence-electron chi connectivity index (χ2n) is 2.24. The number of pyridine rings is 1. The van der Waals surface area contributed by atoms with Crippen molar-refractivity contribution >= 4 is 17.6 Å². The monoisotopic (exact) mass is 197 g/mol. The Labute approximate surface area is 81.0 Å². The number of carbonyl (C=O) groups excluding carboxylic acids is 1. The van der Waals surface area contributed by atoms with Crippen molar-refractivity contribution in [3.8, 4) is 5.75 Å². The van der Waals surface area contributed by atoms with Gasteiger partial charge in [-0.15, -0.1) is 0 Å². The second-order valence-corrected chi connectivity index (χ2v) is 2.62.